The number of hydrogen-bond acceptors (Lipinski definition) is 2. The topological polar surface area (TPSA) is 72.2 Å². The fraction of sp³-hybridized carbons (Fsp3) is 0. The molecule has 0 unspecified atom stereocenters. The molecule has 2 rings (SSSR count). The number of halogens is 2. The SMILES string of the molecule is NC(=O)c1ccccc1NC(=O)c1ccc(F)c(F)c1. The van der Waals surface area contributed by atoms with Gasteiger partial charge < -0.3 is 11.1 Å². The second kappa shape index (κ2) is 5.48. The van der Waals surface area contributed by atoms with Crippen molar-refractivity contribution in [1.29, 1.82) is 0 Å². The van der Waals surface area contributed by atoms with E-state index in [4.69, 9.17) is 5.73 Å². The summed E-state index contributed by atoms with van der Waals surface area (Å²) < 4.78 is 25.8. The second-order valence-electron chi connectivity index (χ2n) is 3.99. The number of anilines is 1. The molecule has 3 N–H and O–H groups in total. The van der Waals surface area contributed by atoms with Gasteiger partial charge in [0.1, 0.15) is 0 Å². The maximum absolute atomic E-state index is 13.1. The molecular formula is C14H10F2N2O2. The predicted octanol–water partition coefficient (Wildman–Crippen LogP) is 2.32. The van der Waals surface area contributed by atoms with Crippen molar-refractivity contribution in [3.05, 3.63) is 65.2 Å². The van der Waals surface area contributed by atoms with E-state index in [2.05, 4.69) is 5.32 Å². The number of rotatable bonds is 3. The van der Waals surface area contributed by atoms with Crippen LogP contribution in [0.1, 0.15) is 20.7 Å². The van der Waals surface area contributed by atoms with Crippen molar-refractivity contribution < 1.29 is 18.4 Å². The smallest absolute Gasteiger partial charge is 0.255 e. The third-order valence-corrected chi connectivity index (χ3v) is 2.62. The molecule has 2 amide bonds. The molecular weight excluding hydrogens is 266 g/mol. The molecule has 0 aromatic heterocycles. The molecule has 0 aliphatic heterocycles. The highest BCUT2D eigenvalue weighted by Gasteiger charge is 2.13. The molecule has 102 valence electrons. The van der Waals surface area contributed by atoms with Gasteiger partial charge in [0.25, 0.3) is 11.8 Å². The van der Waals surface area contributed by atoms with E-state index in [1.54, 1.807) is 12.1 Å². The van der Waals surface area contributed by atoms with Gasteiger partial charge in [0.15, 0.2) is 11.6 Å². The van der Waals surface area contributed by atoms with Crippen molar-refractivity contribution in [3.63, 3.8) is 0 Å². The largest absolute Gasteiger partial charge is 0.366 e. The first kappa shape index (κ1) is 13.7. The van der Waals surface area contributed by atoms with Crippen molar-refractivity contribution in [1.82, 2.24) is 0 Å². The van der Waals surface area contributed by atoms with E-state index in [9.17, 15) is 18.4 Å². The minimum atomic E-state index is -1.12. The fourth-order valence-corrected chi connectivity index (χ4v) is 1.64. The molecule has 0 radical (unpaired) electrons. The summed E-state index contributed by atoms with van der Waals surface area (Å²) in [5.41, 5.74) is 5.44. The number of carbonyl (C=O) groups is 2. The van der Waals surface area contributed by atoms with Crippen LogP contribution in [-0.2, 0) is 0 Å². The van der Waals surface area contributed by atoms with E-state index >= 15 is 0 Å². The zero-order valence-electron chi connectivity index (χ0n) is 10.2. The number of benzene rings is 2. The average molecular weight is 276 g/mol. The fourth-order valence-electron chi connectivity index (χ4n) is 1.64. The third kappa shape index (κ3) is 2.80. The number of nitrogens with one attached hydrogen (secondary N) is 1. The highest BCUT2D eigenvalue weighted by Crippen LogP contribution is 2.16. The van der Waals surface area contributed by atoms with Gasteiger partial charge in [-0.2, -0.15) is 0 Å². The third-order valence-electron chi connectivity index (χ3n) is 2.62. The summed E-state index contributed by atoms with van der Waals surface area (Å²) in [6.45, 7) is 0. The lowest BCUT2D eigenvalue weighted by Gasteiger charge is -2.08. The summed E-state index contributed by atoms with van der Waals surface area (Å²) in [5, 5.41) is 2.43. The van der Waals surface area contributed by atoms with Crippen LogP contribution < -0.4 is 11.1 Å². The van der Waals surface area contributed by atoms with Gasteiger partial charge >= 0.3 is 0 Å². The lowest BCUT2D eigenvalue weighted by molar-refractivity contribution is 0.100. The number of nitrogens with two attached hydrogens (primary N) is 1. The summed E-state index contributed by atoms with van der Waals surface area (Å²) in [6, 6.07) is 8.89. The molecule has 0 aliphatic rings. The Morgan fingerprint density at radius 3 is 2.35 bits per heavy atom. The number of amides is 2. The highest BCUT2D eigenvalue weighted by molar-refractivity contribution is 6.08. The lowest BCUT2D eigenvalue weighted by atomic mass is 10.1. The Morgan fingerprint density at radius 1 is 1.00 bits per heavy atom. The molecule has 20 heavy (non-hydrogen) atoms. The van der Waals surface area contributed by atoms with Crippen LogP contribution in [0.25, 0.3) is 0 Å². The first-order chi connectivity index (χ1) is 9.49. The van der Waals surface area contributed by atoms with Crippen LogP contribution in [0.4, 0.5) is 14.5 Å². The second-order valence-corrected chi connectivity index (χ2v) is 3.99. The van der Waals surface area contributed by atoms with Gasteiger partial charge in [-0.05, 0) is 30.3 Å². The first-order valence-corrected chi connectivity index (χ1v) is 5.64. The standard InChI is InChI=1S/C14H10F2N2O2/c15-10-6-5-8(7-11(10)16)14(20)18-12-4-2-1-3-9(12)13(17)19/h1-7H,(H2,17,19)(H,18,20). The summed E-state index contributed by atoms with van der Waals surface area (Å²) in [4.78, 5) is 23.1. The van der Waals surface area contributed by atoms with Crippen molar-refractivity contribution in [2.45, 2.75) is 0 Å². The summed E-state index contributed by atoms with van der Waals surface area (Å²) in [7, 11) is 0. The maximum atomic E-state index is 13.1. The maximum Gasteiger partial charge on any atom is 0.255 e. The molecule has 0 saturated heterocycles. The zero-order valence-corrected chi connectivity index (χ0v) is 10.2. The van der Waals surface area contributed by atoms with Gasteiger partial charge in [-0.1, -0.05) is 12.1 Å². The molecule has 2 aromatic carbocycles. The van der Waals surface area contributed by atoms with Gasteiger partial charge in [-0.3, -0.25) is 9.59 Å². The number of primary amides is 1. The van der Waals surface area contributed by atoms with E-state index in [0.717, 1.165) is 18.2 Å². The zero-order chi connectivity index (χ0) is 14.7. The Morgan fingerprint density at radius 2 is 1.70 bits per heavy atom. The van der Waals surface area contributed by atoms with Crippen LogP contribution in [0.5, 0.6) is 0 Å². The Labute approximate surface area is 113 Å². The van der Waals surface area contributed by atoms with Gasteiger partial charge in [0, 0.05) is 5.56 Å². The van der Waals surface area contributed by atoms with Crippen LogP contribution in [0.15, 0.2) is 42.5 Å². The van der Waals surface area contributed by atoms with E-state index in [0.29, 0.717) is 0 Å². The van der Waals surface area contributed by atoms with Crippen molar-refractivity contribution in [2.24, 2.45) is 5.73 Å². The predicted molar refractivity (Wildman–Crippen MR) is 69.3 cm³/mol. The van der Waals surface area contributed by atoms with E-state index < -0.39 is 23.4 Å². The van der Waals surface area contributed by atoms with Crippen molar-refractivity contribution >= 4 is 17.5 Å². The summed E-state index contributed by atoms with van der Waals surface area (Å²) >= 11 is 0. The molecule has 0 spiro atoms. The van der Waals surface area contributed by atoms with Crippen LogP contribution >= 0.6 is 0 Å². The minimum absolute atomic E-state index is 0.0665. The van der Waals surface area contributed by atoms with E-state index in [1.165, 1.54) is 12.1 Å². The normalized spacial score (nSPS) is 10.1. The number of carbonyl (C=O) groups excluding carboxylic acids is 2. The molecule has 0 fully saturated rings. The summed E-state index contributed by atoms with van der Waals surface area (Å²) in [5.74, 6) is -3.54. The number of hydrogen-bond donors (Lipinski definition) is 2. The van der Waals surface area contributed by atoms with E-state index in [1.807, 2.05) is 0 Å². The van der Waals surface area contributed by atoms with E-state index in [-0.39, 0.29) is 16.8 Å². The Kier molecular flexibility index (Phi) is 3.74. The van der Waals surface area contributed by atoms with Gasteiger partial charge in [-0.15, -0.1) is 0 Å². The van der Waals surface area contributed by atoms with Crippen molar-refractivity contribution in [2.75, 3.05) is 5.32 Å². The molecule has 0 heterocycles. The quantitative estimate of drug-likeness (QED) is 0.903. The highest BCUT2D eigenvalue weighted by atomic mass is 19.2. The Balaban J connectivity index is 2.28. The minimum Gasteiger partial charge on any atom is -0.366 e. The van der Waals surface area contributed by atoms with Crippen molar-refractivity contribution in [3.8, 4) is 0 Å². The molecule has 0 bridgehead atoms. The van der Waals surface area contributed by atoms with Crippen LogP contribution in [0.3, 0.4) is 0 Å². The number of para-hydroxylation sites is 1. The van der Waals surface area contributed by atoms with Crippen LogP contribution in [0.2, 0.25) is 0 Å². The lowest BCUT2D eigenvalue weighted by Crippen LogP contribution is -2.18. The van der Waals surface area contributed by atoms with Gasteiger partial charge in [0.2, 0.25) is 0 Å². The Hall–Kier alpha value is -2.76. The molecule has 6 heteroatoms. The first-order valence-electron chi connectivity index (χ1n) is 5.64. The molecule has 0 atom stereocenters. The Bertz CT molecular complexity index is 687. The molecule has 2 aromatic rings. The monoisotopic (exact) mass is 276 g/mol. The van der Waals surface area contributed by atoms with Crippen LogP contribution in [-0.4, -0.2) is 11.8 Å². The molecule has 4 nitrogen and oxygen atoms in total. The van der Waals surface area contributed by atoms with Gasteiger partial charge in [-0.25, -0.2) is 8.78 Å². The average Bonchev–Trinajstić information content (AvgIpc) is 2.42. The summed E-state index contributed by atoms with van der Waals surface area (Å²) in [6.07, 6.45) is 0. The van der Waals surface area contributed by atoms with Crippen LogP contribution in [0, 0.1) is 11.6 Å². The van der Waals surface area contributed by atoms with Gasteiger partial charge in [0.05, 0.1) is 11.3 Å². The molecule has 0 aliphatic carbocycles. The molecule has 0 saturated carbocycles.